The Balaban J connectivity index is 1.82. The minimum Gasteiger partial charge on any atom is -0.334 e. The second-order valence-electron chi connectivity index (χ2n) is 6.77. The molecule has 0 fully saturated rings. The number of nitrogens with zero attached hydrogens (tertiary/aromatic N) is 3. The summed E-state index contributed by atoms with van der Waals surface area (Å²) in [6, 6.07) is 12.2. The summed E-state index contributed by atoms with van der Waals surface area (Å²) < 4.78 is 18.8. The van der Waals surface area contributed by atoms with Crippen LogP contribution in [0.3, 0.4) is 0 Å². The Labute approximate surface area is 177 Å². The van der Waals surface area contributed by atoms with Gasteiger partial charge in [0.1, 0.15) is 5.82 Å². The largest absolute Gasteiger partial charge is 0.334 e. The van der Waals surface area contributed by atoms with E-state index >= 15 is 0 Å². The molecule has 3 aromatic rings. The van der Waals surface area contributed by atoms with E-state index in [4.69, 9.17) is 16.1 Å². The van der Waals surface area contributed by atoms with E-state index in [9.17, 15) is 9.18 Å². The maximum atomic E-state index is 13.2. The lowest BCUT2D eigenvalue weighted by atomic mass is 9.94. The van der Waals surface area contributed by atoms with Crippen LogP contribution < -0.4 is 5.32 Å². The molecule has 1 aliphatic heterocycles. The van der Waals surface area contributed by atoms with E-state index in [0.29, 0.717) is 34.2 Å². The molecule has 1 unspecified atom stereocenters. The van der Waals surface area contributed by atoms with E-state index in [-0.39, 0.29) is 17.7 Å². The molecular weight excluding hydrogens is 407 g/mol. The molecule has 1 aliphatic rings. The summed E-state index contributed by atoms with van der Waals surface area (Å²) in [6.07, 6.45) is 1.64. The average molecular weight is 425 g/mol. The highest BCUT2D eigenvalue weighted by atomic mass is 35.5. The summed E-state index contributed by atoms with van der Waals surface area (Å²) >= 11 is 6.17. The van der Waals surface area contributed by atoms with Crippen LogP contribution in [0.5, 0.6) is 0 Å². The van der Waals surface area contributed by atoms with Gasteiger partial charge in [-0.25, -0.2) is 9.18 Å². The smallest absolute Gasteiger partial charge is 0.322 e. The number of urea groups is 1. The molecule has 2 heterocycles. The Morgan fingerprint density at radius 3 is 2.77 bits per heavy atom. The molecule has 6 nitrogen and oxygen atoms in total. The minimum absolute atomic E-state index is 0.255. The quantitative estimate of drug-likeness (QED) is 0.570. The van der Waals surface area contributed by atoms with E-state index in [1.54, 1.807) is 35.2 Å². The number of carbonyl (C=O) groups is 1. The number of amides is 2. The fourth-order valence-corrected chi connectivity index (χ4v) is 3.59. The molecule has 1 N–H and O–H groups in total. The Hall–Kier alpha value is -3.45. The van der Waals surface area contributed by atoms with Gasteiger partial charge in [-0.3, -0.25) is 4.90 Å². The molecule has 2 amide bonds. The first-order valence-corrected chi connectivity index (χ1v) is 9.61. The second kappa shape index (κ2) is 8.12. The lowest BCUT2D eigenvalue weighted by molar-refractivity contribution is 0.209. The van der Waals surface area contributed by atoms with Crippen LogP contribution in [0.1, 0.15) is 24.4 Å². The third-order valence-electron chi connectivity index (χ3n) is 4.85. The molecule has 0 bridgehead atoms. The van der Waals surface area contributed by atoms with Gasteiger partial charge in [0, 0.05) is 22.8 Å². The van der Waals surface area contributed by atoms with Crippen LogP contribution in [0.2, 0.25) is 5.02 Å². The molecule has 1 aromatic heterocycles. The topological polar surface area (TPSA) is 71.3 Å². The number of halogens is 2. The number of carbonyl (C=O) groups excluding carboxylic acids is 1. The second-order valence-corrected chi connectivity index (χ2v) is 7.20. The zero-order valence-electron chi connectivity index (χ0n) is 16.1. The van der Waals surface area contributed by atoms with Gasteiger partial charge in [-0.15, -0.1) is 6.58 Å². The predicted molar refractivity (Wildman–Crippen MR) is 112 cm³/mol. The Morgan fingerprint density at radius 2 is 2.07 bits per heavy atom. The van der Waals surface area contributed by atoms with Gasteiger partial charge >= 0.3 is 6.03 Å². The maximum Gasteiger partial charge on any atom is 0.322 e. The molecule has 1 atom stereocenters. The summed E-state index contributed by atoms with van der Waals surface area (Å²) in [5.41, 5.74) is 2.72. The lowest BCUT2D eigenvalue weighted by Gasteiger charge is -2.34. The molecule has 0 spiro atoms. The average Bonchev–Trinajstić information content (AvgIpc) is 3.21. The highest BCUT2D eigenvalue weighted by Gasteiger charge is 2.35. The number of allylic oxidation sites excluding steroid dienone is 1. The molecule has 0 radical (unpaired) electrons. The van der Waals surface area contributed by atoms with E-state index < -0.39 is 6.04 Å². The van der Waals surface area contributed by atoms with Gasteiger partial charge in [-0.2, -0.15) is 4.98 Å². The molecule has 8 heteroatoms. The third-order valence-corrected chi connectivity index (χ3v) is 5.08. The molecule has 0 aliphatic carbocycles. The third kappa shape index (κ3) is 3.71. The van der Waals surface area contributed by atoms with Crippen molar-refractivity contribution in [2.24, 2.45) is 0 Å². The monoisotopic (exact) mass is 424 g/mol. The summed E-state index contributed by atoms with van der Waals surface area (Å²) in [4.78, 5) is 18.8. The van der Waals surface area contributed by atoms with Gasteiger partial charge < -0.3 is 9.84 Å². The van der Waals surface area contributed by atoms with Gasteiger partial charge in [0.05, 0.1) is 11.6 Å². The minimum atomic E-state index is -0.529. The zero-order chi connectivity index (χ0) is 21.3. The zero-order valence-corrected chi connectivity index (χ0v) is 16.9. The van der Waals surface area contributed by atoms with Crippen molar-refractivity contribution in [3.05, 3.63) is 89.2 Å². The number of aromatic nitrogens is 2. The van der Waals surface area contributed by atoms with Gasteiger partial charge in [0.2, 0.25) is 5.82 Å². The summed E-state index contributed by atoms with van der Waals surface area (Å²) in [7, 11) is 0. The number of hydrogen-bond acceptors (Lipinski definition) is 4. The maximum absolute atomic E-state index is 13.2. The van der Waals surface area contributed by atoms with Crippen molar-refractivity contribution in [3.63, 3.8) is 0 Å². The molecule has 2 aromatic carbocycles. The van der Waals surface area contributed by atoms with E-state index in [1.807, 2.05) is 19.1 Å². The van der Waals surface area contributed by atoms with E-state index in [1.165, 1.54) is 12.1 Å². The van der Waals surface area contributed by atoms with Crippen LogP contribution in [0.25, 0.3) is 17.0 Å². The van der Waals surface area contributed by atoms with Crippen molar-refractivity contribution >= 4 is 23.2 Å². The molecule has 0 saturated heterocycles. The summed E-state index contributed by atoms with van der Waals surface area (Å²) in [5, 5.41) is 7.56. The molecule has 152 valence electrons. The fourth-order valence-electron chi connectivity index (χ4n) is 3.39. The van der Waals surface area contributed by atoms with Crippen LogP contribution >= 0.6 is 11.6 Å². The van der Waals surface area contributed by atoms with Gasteiger partial charge in [0.15, 0.2) is 0 Å². The fraction of sp³-hybridized carbons (Fsp3) is 0.136. The number of rotatable bonds is 5. The van der Waals surface area contributed by atoms with Crippen LogP contribution in [0.15, 0.2) is 71.4 Å². The molecule has 0 saturated carbocycles. The SMILES string of the molecule is C=CCN1C(=O)NC(c2cccc(Cl)c2)C(c2nc(-c3ccc(F)cc3)no2)=C1C. The van der Waals surface area contributed by atoms with Crippen molar-refractivity contribution in [1.82, 2.24) is 20.4 Å². The van der Waals surface area contributed by atoms with Crippen molar-refractivity contribution in [1.29, 1.82) is 0 Å². The number of hydrogen-bond donors (Lipinski definition) is 1. The standard InChI is InChI=1S/C22H18ClFN4O2/c1-3-11-28-13(2)18(19(25-22(28)29)15-5-4-6-16(23)12-15)21-26-20(27-30-21)14-7-9-17(24)10-8-14/h3-10,12,19H,1,11H2,2H3,(H,25,29). The van der Waals surface area contributed by atoms with Crippen molar-refractivity contribution < 1.29 is 13.7 Å². The van der Waals surface area contributed by atoms with Gasteiger partial charge in [-0.05, 0) is 48.9 Å². The highest BCUT2D eigenvalue weighted by molar-refractivity contribution is 6.30. The van der Waals surface area contributed by atoms with E-state index in [0.717, 1.165) is 5.56 Å². The normalized spacial score (nSPS) is 16.6. The van der Waals surface area contributed by atoms with E-state index in [2.05, 4.69) is 22.0 Å². The number of nitrogens with one attached hydrogen (secondary N) is 1. The van der Waals surface area contributed by atoms with Crippen LogP contribution in [0, 0.1) is 5.82 Å². The lowest BCUT2D eigenvalue weighted by Crippen LogP contribution is -2.46. The van der Waals surface area contributed by atoms with Crippen molar-refractivity contribution in [2.45, 2.75) is 13.0 Å². The molecule has 30 heavy (non-hydrogen) atoms. The van der Waals surface area contributed by atoms with Crippen molar-refractivity contribution in [2.75, 3.05) is 6.54 Å². The summed E-state index contributed by atoms with van der Waals surface area (Å²) in [5.74, 6) is 0.227. The Morgan fingerprint density at radius 1 is 1.30 bits per heavy atom. The van der Waals surface area contributed by atoms with Crippen LogP contribution in [-0.4, -0.2) is 27.6 Å². The van der Waals surface area contributed by atoms with Gasteiger partial charge in [0.25, 0.3) is 5.89 Å². The first kappa shape index (κ1) is 19.8. The van der Waals surface area contributed by atoms with Crippen LogP contribution in [-0.2, 0) is 0 Å². The predicted octanol–water partition coefficient (Wildman–Crippen LogP) is 5.21. The Kier molecular flexibility index (Phi) is 5.37. The van der Waals surface area contributed by atoms with Gasteiger partial charge in [-0.1, -0.05) is 35.0 Å². The highest BCUT2D eigenvalue weighted by Crippen LogP contribution is 2.37. The molecule has 4 rings (SSSR count). The number of benzene rings is 2. The Bertz CT molecular complexity index is 1140. The van der Waals surface area contributed by atoms with Crippen molar-refractivity contribution in [3.8, 4) is 11.4 Å². The van der Waals surface area contributed by atoms with Crippen LogP contribution in [0.4, 0.5) is 9.18 Å². The first-order valence-electron chi connectivity index (χ1n) is 9.23. The summed E-state index contributed by atoms with van der Waals surface area (Å²) in [6.45, 7) is 5.86. The molecular formula is C22H18ClFN4O2. The first-order chi connectivity index (χ1) is 14.5.